The van der Waals surface area contributed by atoms with E-state index in [2.05, 4.69) is 30.7 Å². The summed E-state index contributed by atoms with van der Waals surface area (Å²) in [6, 6.07) is 7.66. The van der Waals surface area contributed by atoms with E-state index in [4.69, 9.17) is 4.74 Å². The number of anilines is 4. The maximum Gasteiger partial charge on any atom is 0.184 e. The van der Waals surface area contributed by atoms with Crippen LogP contribution in [0.3, 0.4) is 0 Å². The standard InChI is InChI=1S/C25H28N8O3/c1-4-21(35)18-11-26-22(30-23-12-33(14-27-23)15-8-16(34)9-15)10-20(18)29-19-7-5-6-17(24(19)36-3)25-28-13-32(2)31-25/h5-7,10-16,34H,4,8-9H2,1-3H3,(H2,26,29,30). The first kappa shape index (κ1) is 23.5. The van der Waals surface area contributed by atoms with Crippen LogP contribution in [0.15, 0.2) is 49.3 Å². The summed E-state index contributed by atoms with van der Waals surface area (Å²) in [5, 5.41) is 20.5. The lowest BCUT2D eigenvalue weighted by molar-refractivity contribution is 0.0485. The van der Waals surface area contributed by atoms with Crippen molar-refractivity contribution >= 4 is 28.8 Å². The van der Waals surface area contributed by atoms with Gasteiger partial charge in [0.2, 0.25) is 0 Å². The molecule has 0 amide bonds. The molecule has 0 saturated heterocycles. The van der Waals surface area contributed by atoms with Crippen LogP contribution < -0.4 is 15.4 Å². The van der Waals surface area contributed by atoms with Crippen LogP contribution in [-0.4, -0.2) is 53.4 Å². The van der Waals surface area contributed by atoms with Gasteiger partial charge in [0.05, 0.1) is 42.0 Å². The van der Waals surface area contributed by atoms with Gasteiger partial charge >= 0.3 is 0 Å². The zero-order valence-electron chi connectivity index (χ0n) is 20.3. The smallest absolute Gasteiger partial charge is 0.184 e. The van der Waals surface area contributed by atoms with E-state index in [1.807, 2.05) is 35.9 Å². The number of para-hydroxylation sites is 1. The lowest BCUT2D eigenvalue weighted by atomic mass is 9.89. The molecule has 0 atom stereocenters. The van der Waals surface area contributed by atoms with E-state index < -0.39 is 0 Å². The second kappa shape index (κ2) is 9.78. The number of Topliss-reactive ketones (excluding diaryl/α,β-unsaturated/α-hetero) is 1. The van der Waals surface area contributed by atoms with Gasteiger partial charge in [-0.3, -0.25) is 9.48 Å². The normalized spacial score (nSPS) is 16.9. The number of imidazole rings is 1. The number of ether oxygens (including phenoxy) is 1. The molecule has 0 radical (unpaired) electrons. The van der Waals surface area contributed by atoms with Crippen molar-refractivity contribution < 1.29 is 14.6 Å². The zero-order chi connectivity index (χ0) is 25.2. The van der Waals surface area contributed by atoms with Crippen LogP contribution in [0.2, 0.25) is 0 Å². The summed E-state index contributed by atoms with van der Waals surface area (Å²) in [7, 11) is 3.39. The van der Waals surface area contributed by atoms with Crippen molar-refractivity contribution in [3.05, 3.63) is 54.9 Å². The number of rotatable bonds is 9. The summed E-state index contributed by atoms with van der Waals surface area (Å²) in [5.41, 5.74) is 2.45. The number of aromatic nitrogens is 6. The van der Waals surface area contributed by atoms with E-state index in [1.54, 1.807) is 43.8 Å². The van der Waals surface area contributed by atoms with Gasteiger partial charge in [-0.15, -0.1) is 0 Å². The molecular formula is C25H28N8O3. The third-order valence-electron chi connectivity index (χ3n) is 6.22. The number of pyridine rings is 1. The molecule has 1 fully saturated rings. The number of aliphatic hydroxyl groups excluding tert-OH is 1. The molecule has 4 aromatic rings. The molecule has 11 nitrogen and oxygen atoms in total. The Kier molecular flexibility index (Phi) is 6.38. The Morgan fingerprint density at radius 3 is 2.67 bits per heavy atom. The quantitative estimate of drug-likeness (QED) is 0.300. The molecule has 3 N–H and O–H groups in total. The fraction of sp³-hybridized carbons (Fsp3) is 0.320. The van der Waals surface area contributed by atoms with Gasteiger partial charge in [-0.05, 0) is 25.0 Å². The van der Waals surface area contributed by atoms with E-state index in [9.17, 15) is 9.90 Å². The molecule has 186 valence electrons. The molecule has 0 bridgehead atoms. The number of aryl methyl sites for hydroxylation is 1. The summed E-state index contributed by atoms with van der Waals surface area (Å²) in [5.74, 6) is 2.22. The summed E-state index contributed by atoms with van der Waals surface area (Å²) in [6.45, 7) is 1.82. The van der Waals surface area contributed by atoms with Gasteiger partial charge in [0.25, 0.3) is 0 Å². The number of carbonyl (C=O) groups excluding carboxylic acids is 1. The minimum absolute atomic E-state index is 0.0362. The number of nitrogens with zero attached hydrogens (tertiary/aromatic N) is 6. The van der Waals surface area contributed by atoms with E-state index in [0.29, 0.717) is 46.6 Å². The first-order chi connectivity index (χ1) is 17.4. The lowest BCUT2D eigenvalue weighted by Gasteiger charge is -2.32. The molecule has 1 aliphatic rings. The van der Waals surface area contributed by atoms with Gasteiger partial charge in [-0.25, -0.2) is 15.0 Å². The number of aliphatic hydroxyl groups is 1. The molecule has 3 aromatic heterocycles. The van der Waals surface area contributed by atoms with Gasteiger partial charge in [0.15, 0.2) is 17.4 Å². The summed E-state index contributed by atoms with van der Waals surface area (Å²) in [6.07, 6.45) is 8.38. The first-order valence-electron chi connectivity index (χ1n) is 11.8. The molecule has 36 heavy (non-hydrogen) atoms. The Labute approximate surface area is 208 Å². The van der Waals surface area contributed by atoms with E-state index in [0.717, 1.165) is 18.4 Å². The van der Waals surface area contributed by atoms with Crippen LogP contribution >= 0.6 is 0 Å². The molecule has 1 saturated carbocycles. The minimum Gasteiger partial charge on any atom is -0.494 e. The average molecular weight is 489 g/mol. The fourth-order valence-corrected chi connectivity index (χ4v) is 4.21. The predicted molar refractivity (Wildman–Crippen MR) is 135 cm³/mol. The Morgan fingerprint density at radius 2 is 1.97 bits per heavy atom. The fourth-order valence-electron chi connectivity index (χ4n) is 4.21. The van der Waals surface area contributed by atoms with Gasteiger partial charge in [0.1, 0.15) is 18.0 Å². The molecule has 5 rings (SSSR count). The number of nitrogens with one attached hydrogen (secondary N) is 2. The van der Waals surface area contributed by atoms with Gasteiger partial charge < -0.3 is 25.0 Å². The first-order valence-corrected chi connectivity index (χ1v) is 11.8. The van der Waals surface area contributed by atoms with Crippen LogP contribution in [-0.2, 0) is 7.05 Å². The van der Waals surface area contributed by atoms with E-state index in [1.165, 1.54) is 0 Å². The summed E-state index contributed by atoms with van der Waals surface area (Å²) >= 11 is 0. The molecule has 0 spiro atoms. The molecule has 1 aliphatic carbocycles. The van der Waals surface area contributed by atoms with Crippen LogP contribution in [0, 0.1) is 0 Å². The van der Waals surface area contributed by atoms with Crippen LogP contribution in [0.4, 0.5) is 23.0 Å². The topological polar surface area (TPSA) is 132 Å². The van der Waals surface area contributed by atoms with Crippen molar-refractivity contribution in [3.63, 3.8) is 0 Å². The SMILES string of the molecule is CCC(=O)c1cnc(Nc2cn(C3CC(O)C3)cn2)cc1Nc1cccc(-c2ncn(C)n2)c1OC. The average Bonchev–Trinajstić information content (AvgIpc) is 3.50. The monoisotopic (exact) mass is 488 g/mol. The van der Waals surface area contributed by atoms with Gasteiger partial charge in [-0.2, -0.15) is 5.10 Å². The maximum atomic E-state index is 12.7. The largest absolute Gasteiger partial charge is 0.494 e. The molecule has 11 heteroatoms. The second-order valence-corrected chi connectivity index (χ2v) is 8.76. The zero-order valence-corrected chi connectivity index (χ0v) is 20.3. The third-order valence-corrected chi connectivity index (χ3v) is 6.22. The number of ketones is 1. The summed E-state index contributed by atoms with van der Waals surface area (Å²) < 4.78 is 9.33. The highest BCUT2D eigenvalue weighted by atomic mass is 16.5. The van der Waals surface area contributed by atoms with Crippen molar-refractivity contribution in [2.45, 2.75) is 38.3 Å². The highest BCUT2D eigenvalue weighted by molar-refractivity contribution is 6.02. The lowest BCUT2D eigenvalue weighted by Crippen LogP contribution is -2.30. The van der Waals surface area contributed by atoms with Crippen molar-refractivity contribution in [3.8, 4) is 17.1 Å². The number of hydrogen-bond donors (Lipinski definition) is 3. The molecule has 0 unspecified atom stereocenters. The minimum atomic E-state index is -0.239. The number of methoxy groups -OCH3 is 1. The molecule has 3 heterocycles. The van der Waals surface area contributed by atoms with Crippen LogP contribution in [0.25, 0.3) is 11.4 Å². The van der Waals surface area contributed by atoms with Crippen molar-refractivity contribution in [1.82, 2.24) is 29.3 Å². The molecular weight excluding hydrogens is 460 g/mol. The van der Waals surface area contributed by atoms with Gasteiger partial charge in [-0.1, -0.05) is 13.0 Å². The van der Waals surface area contributed by atoms with Crippen LogP contribution in [0.5, 0.6) is 5.75 Å². The van der Waals surface area contributed by atoms with E-state index in [-0.39, 0.29) is 17.9 Å². The third kappa shape index (κ3) is 4.65. The van der Waals surface area contributed by atoms with E-state index >= 15 is 0 Å². The highest BCUT2D eigenvalue weighted by Gasteiger charge is 2.28. The Hall–Kier alpha value is -4.25. The number of carbonyl (C=O) groups is 1. The Morgan fingerprint density at radius 1 is 1.14 bits per heavy atom. The number of benzene rings is 1. The van der Waals surface area contributed by atoms with Crippen LogP contribution in [0.1, 0.15) is 42.6 Å². The van der Waals surface area contributed by atoms with Crippen molar-refractivity contribution in [1.29, 1.82) is 0 Å². The highest BCUT2D eigenvalue weighted by Crippen LogP contribution is 2.38. The Balaban J connectivity index is 1.45. The Bertz CT molecular complexity index is 1390. The molecule has 1 aromatic carbocycles. The summed E-state index contributed by atoms with van der Waals surface area (Å²) in [4.78, 5) is 25.9. The van der Waals surface area contributed by atoms with Crippen molar-refractivity contribution in [2.24, 2.45) is 7.05 Å². The van der Waals surface area contributed by atoms with Crippen molar-refractivity contribution in [2.75, 3.05) is 17.7 Å². The predicted octanol–water partition coefficient (Wildman–Crippen LogP) is 3.86. The number of hydrogen-bond acceptors (Lipinski definition) is 9. The van der Waals surface area contributed by atoms with Gasteiger partial charge in [0, 0.05) is 38.0 Å². The second-order valence-electron chi connectivity index (χ2n) is 8.76. The maximum absolute atomic E-state index is 12.7. The molecule has 0 aliphatic heterocycles.